The summed E-state index contributed by atoms with van der Waals surface area (Å²) in [6, 6.07) is -4.26. The molecule has 3 aliphatic rings. The van der Waals surface area contributed by atoms with Gasteiger partial charge in [-0.1, -0.05) is 20.3 Å². The first kappa shape index (κ1) is 46.4. The van der Waals surface area contributed by atoms with E-state index >= 15 is 0 Å². The summed E-state index contributed by atoms with van der Waals surface area (Å²) in [5, 5.41) is 37.2. The molecule has 5 rings (SSSR count). The molecule has 15 N–H and O–H groups in total. The van der Waals surface area contributed by atoms with E-state index in [1.54, 1.807) is 19.9 Å². The number of anilines is 1. The number of rotatable bonds is 9. The lowest BCUT2D eigenvalue weighted by Gasteiger charge is -2.30. The van der Waals surface area contributed by atoms with Crippen LogP contribution in [0.5, 0.6) is 5.75 Å². The number of amides is 8. The van der Waals surface area contributed by atoms with Crippen molar-refractivity contribution in [2.75, 3.05) is 56.5 Å². The molecule has 0 saturated carbocycles. The largest absolute Gasteiger partial charge is 0.610 e. The van der Waals surface area contributed by atoms with E-state index in [-0.39, 0.29) is 35.7 Å². The lowest BCUT2D eigenvalue weighted by Crippen LogP contribution is -2.59. The maximum atomic E-state index is 14.6. The number of β-amino-alcohol motifs (C(OH)–C–C–N with tert-alkyl or cyclic N) is 1. The van der Waals surface area contributed by atoms with E-state index in [0.29, 0.717) is 49.2 Å². The van der Waals surface area contributed by atoms with Crippen molar-refractivity contribution >= 4 is 75.0 Å². The number of primary amides is 2. The summed E-state index contributed by atoms with van der Waals surface area (Å²) in [5.74, 6) is -8.54. The summed E-state index contributed by atoms with van der Waals surface area (Å²) in [7, 11) is 0. The number of carbonyl (C=O) groups excluding carboxylic acids is 8. The van der Waals surface area contributed by atoms with Gasteiger partial charge in [-0.3, -0.25) is 38.4 Å². The van der Waals surface area contributed by atoms with Crippen LogP contribution < -0.4 is 54.0 Å². The van der Waals surface area contributed by atoms with Crippen LogP contribution in [0.3, 0.4) is 0 Å². The van der Waals surface area contributed by atoms with Crippen molar-refractivity contribution in [1.82, 2.24) is 41.8 Å². The van der Waals surface area contributed by atoms with Crippen molar-refractivity contribution in [1.29, 1.82) is 0 Å². The topological polar surface area (TPSA) is 373 Å². The molecule has 8 atom stereocenters. The number of aromatic nitrogens is 1. The zero-order chi connectivity index (χ0) is 44.7. The summed E-state index contributed by atoms with van der Waals surface area (Å²) in [5.41, 5.74) is 18.3. The fraction of sp³-hybridized carbons (Fsp3) is 0.568. The number of hydrogen-bond donors (Lipinski definition) is 12. The highest BCUT2D eigenvalue weighted by molar-refractivity contribution is 7.91. The van der Waals surface area contributed by atoms with Crippen LogP contribution in [0.15, 0.2) is 17.2 Å². The number of phenols is 1. The zero-order valence-electron chi connectivity index (χ0n) is 33.8. The molecule has 8 amide bonds. The summed E-state index contributed by atoms with van der Waals surface area (Å²) < 4.78 is 14.6. The highest BCUT2D eigenvalue weighted by atomic mass is 32.2. The number of nitrogens with two attached hydrogens (primary N) is 3. The minimum absolute atomic E-state index is 0.0315. The number of carbonyl (C=O) groups is 8. The third-order valence-electron chi connectivity index (χ3n) is 11.0. The second-order valence-corrected chi connectivity index (χ2v) is 16.8. The van der Waals surface area contributed by atoms with Gasteiger partial charge in [0.2, 0.25) is 52.3 Å². The molecule has 0 aliphatic carbocycles. The molecule has 0 spiro atoms. The van der Waals surface area contributed by atoms with E-state index in [4.69, 9.17) is 17.2 Å². The second-order valence-electron chi connectivity index (χ2n) is 15.4. The number of nitrogens with zero attached hydrogens (tertiary/aromatic N) is 2. The molecular formula is C37H54N12O11S. The third kappa shape index (κ3) is 11.2. The predicted molar refractivity (Wildman–Crippen MR) is 218 cm³/mol. The van der Waals surface area contributed by atoms with E-state index < -0.39 is 126 Å². The number of fused-ring (bicyclic) bond motifs is 3. The van der Waals surface area contributed by atoms with E-state index in [9.17, 15) is 53.1 Å². The molecule has 2 fully saturated rings. The van der Waals surface area contributed by atoms with Crippen LogP contribution in [0, 0.1) is 5.92 Å². The van der Waals surface area contributed by atoms with E-state index in [1.165, 1.54) is 6.07 Å². The molecule has 3 aliphatic heterocycles. The first-order chi connectivity index (χ1) is 28.9. The fourth-order valence-corrected chi connectivity index (χ4v) is 8.94. The lowest BCUT2D eigenvalue weighted by atomic mass is 9.98. The maximum Gasteiger partial charge on any atom is 0.248 e. The van der Waals surface area contributed by atoms with Crippen LogP contribution in [-0.4, -0.2) is 160 Å². The Labute approximate surface area is 353 Å². The predicted octanol–water partition coefficient (Wildman–Crippen LogP) is -5.67. The number of likely N-dealkylation sites (tertiary alicyclic amines) is 1. The molecule has 2 saturated heterocycles. The molecule has 1 unspecified atom stereocenters. The monoisotopic (exact) mass is 874 g/mol. The Hall–Kier alpha value is -5.69. The van der Waals surface area contributed by atoms with Gasteiger partial charge >= 0.3 is 0 Å². The highest BCUT2D eigenvalue weighted by Crippen LogP contribution is 2.39. The number of phenolic OH excluding ortho intramolecular Hbond substituents is 1. The smallest absolute Gasteiger partial charge is 0.248 e. The average Bonchev–Trinajstić information content (AvgIpc) is 3.80. The number of aliphatic hydroxyl groups is 1. The average molecular weight is 875 g/mol. The van der Waals surface area contributed by atoms with Gasteiger partial charge in [-0.05, 0) is 18.1 Å². The molecular weight excluding hydrogens is 821 g/mol. The van der Waals surface area contributed by atoms with Crippen molar-refractivity contribution in [3.05, 3.63) is 17.7 Å². The van der Waals surface area contributed by atoms with Gasteiger partial charge < -0.3 is 78.7 Å². The molecule has 0 bridgehead atoms. The van der Waals surface area contributed by atoms with Crippen molar-refractivity contribution in [3.63, 3.8) is 0 Å². The van der Waals surface area contributed by atoms with Crippen LogP contribution in [-0.2, 0) is 56.0 Å². The van der Waals surface area contributed by atoms with Gasteiger partial charge in [0.25, 0.3) is 0 Å². The van der Waals surface area contributed by atoms with E-state index in [1.807, 2.05) is 4.90 Å². The summed E-state index contributed by atoms with van der Waals surface area (Å²) >= 11 is -2.29. The molecule has 1 aromatic carbocycles. The van der Waals surface area contributed by atoms with Gasteiger partial charge in [-0.15, -0.1) is 0 Å². The summed E-state index contributed by atoms with van der Waals surface area (Å²) in [4.78, 5) is 111. The van der Waals surface area contributed by atoms with Crippen LogP contribution in [0.1, 0.15) is 38.7 Å². The number of nitrogens with one attached hydrogen (secondary N) is 7. The first-order valence-electron chi connectivity index (χ1n) is 19.9. The first-order valence-corrected chi connectivity index (χ1v) is 21.2. The molecule has 334 valence electrons. The standard InChI is InChI=1S/C37H54N12O11S/c1-3-17(2)29-35(58)43-13-27(53)44-23(34(57)45-22(12-26(39)52)37(59)49-15-18(50)10-24(49)32(40)55)16-61(60)36-20(11-21(38)33(56)42-14-28(54)46-29)19-4-5-25(51)31(30(19)47-36)48-8-6-41-7-9-48/h4-5,17-18,21-24,29,41,47,50-51H,3,6-16,38H2,1-2H3,(H2,39,52)(H2,40,55)(H,42,56)(H,43,58)(H,44,53)(H,45,57)(H,46,54)/t17-,18+,21+,22-,23-,24-,29-,61?/m0/s1. The minimum Gasteiger partial charge on any atom is -0.610 e. The Kier molecular flexibility index (Phi) is 15.4. The molecule has 0 radical (unpaired) electrons. The molecule has 4 heterocycles. The Bertz CT molecular complexity index is 2030. The van der Waals surface area contributed by atoms with Gasteiger partial charge in [-0.2, -0.15) is 0 Å². The third-order valence-corrected chi connectivity index (χ3v) is 12.4. The minimum atomic E-state index is -2.29. The Balaban J connectivity index is 1.57. The van der Waals surface area contributed by atoms with Crippen molar-refractivity contribution in [2.24, 2.45) is 23.1 Å². The van der Waals surface area contributed by atoms with Crippen LogP contribution >= 0.6 is 0 Å². The number of aromatic amines is 1. The second kappa shape index (κ2) is 20.2. The quantitative estimate of drug-likeness (QED) is 0.105. The Morgan fingerprint density at radius 1 is 1.02 bits per heavy atom. The fourth-order valence-electron chi connectivity index (χ4n) is 7.55. The van der Waals surface area contributed by atoms with Gasteiger partial charge in [0, 0.05) is 67.7 Å². The number of H-pyrrole nitrogens is 1. The lowest BCUT2D eigenvalue weighted by molar-refractivity contribution is -0.142. The number of aromatic hydroxyl groups is 1. The van der Waals surface area contributed by atoms with Gasteiger partial charge in [0.1, 0.15) is 35.3 Å². The van der Waals surface area contributed by atoms with Gasteiger partial charge in [-0.25, -0.2) is 0 Å². The highest BCUT2D eigenvalue weighted by Gasteiger charge is 2.42. The van der Waals surface area contributed by atoms with Crippen molar-refractivity contribution < 1.29 is 53.1 Å². The molecule has 61 heavy (non-hydrogen) atoms. The molecule has 24 heteroatoms. The van der Waals surface area contributed by atoms with Gasteiger partial charge in [0.15, 0.2) is 6.04 Å². The molecule has 2 aromatic rings. The van der Waals surface area contributed by atoms with Crippen molar-refractivity contribution in [2.45, 2.75) is 80.9 Å². The van der Waals surface area contributed by atoms with Crippen LogP contribution in [0.2, 0.25) is 0 Å². The number of benzene rings is 1. The van der Waals surface area contributed by atoms with Crippen molar-refractivity contribution in [3.8, 4) is 5.75 Å². The summed E-state index contributed by atoms with van der Waals surface area (Å²) in [6.45, 7) is 4.01. The zero-order valence-corrected chi connectivity index (χ0v) is 34.6. The number of hydrogen-bond acceptors (Lipinski definition) is 14. The van der Waals surface area contributed by atoms with Crippen LogP contribution in [0.25, 0.3) is 10.9 Å². The molecule has 23 nitrogen and oxygen atoms in total. The van der Waals surface area contributed by atoms with Crippen LogP contribution in [0.4, 0.5) is 5.69 Å². The maximum absolute atomic E-state index is 14.6. The summed E-state index contributed by atoms with van der Waals surface area (Å²) in [6.07, 6.45) is -1.96. The number of aliphatic hydroxyl groups excluding tert-OH is 1. The van der Waals surface area contributed by atoms with E-state index in [0.717, 1.165) is 4.90 Å². The Morgan fingerprint density at radius 3 is 2.31 bits per heavy atom. The normalized spacial score (nSPS) is 25.8. The van der Waals surface area contributed by atoms with Gasteiger partial charge in [0.05, 0.1) is 37.2 Å². The van der Waals surface area contributed by atoms with E-state index in [2.05, 4.69) is 36.9 Å². The SMILES string of the molecule is CC[C@H](C)[C@@H]1NC(=O)CNC(=O)[C@H](N)Cc2c([nH]c3c(N4CCNCC4)c(O)ccc23)[S+]([O-])C[C@@H](C(=O)N[C@@H](CC(N)=O)C(=O)N2C[C@H](O)C[C@H]2C(N)=O)NC(=O)CNC1=O. The molecule has 1 aromatic heterocycles. The number of piperazine rings is 1. The Morgan fingerprint density at radius 2 is 1.67 bits per heavy atom.